The van der Waals surface area contributed by atoms with Gasteiger partial charge in [-0.2, -0.15) is 0 Å². The second-order valence-electron chi connectivity index (χ2n) is 6.21. The van der Waals surface area contributed by atoms with Crippen molar-refractivity contribution in [1.29, 1.82) is 0 Å². The van der Waals surface area contributed by atoms with Crippen LogP contribution in [-0.2, 0) is 21.2 Å². The van der Waals surface area contributed by atoms with Crippen LogP contribution in [0, 0.1) is 5.41 Å². The molecule has 0 saturated heterocycles. The molecule has 1 aromatic rings. The predicted molar refractivity (Wildman–Crippen MR) is 64.2 cm³/mol. The molecular formula is C14H21NiO. The molecule has 0 N–H and O–H groups in total. The van der Waals surface area contributed by atoms with Gasteiger partial charge in [-0.3, -0.25) is 0 Å². The summed E-state index contributed by atoms with van der Waals surface area (Å²) in [6, 6.07) is 8.12. The van der Waals surface area contributed by atoms with E-state index in [1.54, 1.807) is 0 Å². The van der Waals surface area contributed by atoms with Crippen molar-refractivity contribution in [3.63, 3.8) is 0 Å². The molecule has 0 heterocycles. The third-order valence-corrected chi connectivity index (χ3v) is 2.92. The molecule has 0 aliphatic heterocycles. The maximum atomic E-state index is 4.81. The Balaban J connectivity index is 2.89. The number of hydrogen-bond acceptors (Lipinski definition) is 1. The summed E-state index contributed by atoms with van der Waals surface area (Å²) in [5.74, 6) is 0.760. The molecule has 2 heteroatoms. The van der Waals surface area contributed by atoms with Crippen molar-refractivity contribution < 1.29 is 19.7 Å². The minimum atomic E-state index is 0.182. The average molecular weight is 264 g/mol. The molecule has 0 radical (unpaired) electrons. The van der Waals surface area contributed by atoms with Gasteiger partial charge >= 0.3 is 107 Å². The summed E-state index contributed by atoms with van der Waals surface area (Å²) in [6.45, 7) is 11.4. The molecule has 0 aromatic heterocycles. The summed E-state index contributed by atoms with van der Waals surface area (Å²) in [6.07, 6.45) is 1.15. The normalized spacial score (nSPS) is 12.7. The Bertz CT molecular complexity index is 333. The molecule has 0 unspecified atom stereocenters. The molecular weight excluding hydrogens is 243 g/mol. The Labute approximate surface area is 107 Å². The maximum absolute atomic E-state index is 4.81. The van der Waals surface area contributed by atoms with Gasteiger partial charge in [0.2, 0.25) is 0 Å². The average Bonchev–Trinajstić information content (AvgIpc) is 2.14. The first-order chi connectivity index (χ1) is 7.24. The van der Waals surface area contributed by atoms with Crippen molar-refractivity contribution in [2.75, 3.05) is 0 Å². The van der Waals surface area contributed by atoms with E-state index in [0.29, 0.717) is 5.41 Å². The molecule has 0 aliphatic rings. The van der Waals surface area contributed by atoms with Gasteiger partial charge in [0.15, 0.2) is 0 Å². The number of hydrogen-bond donors (Lipinski definition) is 0. The van der Waals surface area contributed by atoms with Crippen LogP contribution >= 0.6 is 0 Å². The third-order valence-electron chi connectivity index (χ3n) is 2.68. The summed E-state index contributed by atoms with van der Waals surface area (Å²) in [4.78, 5) is 0. The van der Waals surface area contributed by atoms with Crippen LogP contribution in [0.1, 0.15) is 46.6 Å². The van der Waals surface area contributed by atoms with Gasteiger partial charge in [-0.05, 0) is 0 Å². The van der Waals surface area contributed by atoms with Gasteiger partial charge in [0.25, 0.3) is 0 Å². The Morgan fingerprint density at radius 2 is 1.50 bits per heavy atom. The monoisotopic (exact) mass is 263 g/mol. The Kier molecular flexibility index (Phi) is 4.07. The topological polar surface area (TPSA) is 9.23 Å². The van der Waals surface area contributed by atoms with E-state index in [1.807, 2.05) is 12.1 Å². The van der Waals surface area contributed by atoms with E-state index >= 15 is 0 Å². The molecule has 1 rings (SSSR count). The van der Waals surface area contributed by atoms with Crippen molar-refractivity contribution >= 4 is 0 Å². The molecule has 1 aromatic carbocycles. The van der Waals surface area contributed by atoms with Crippen LogP contribution in [0.4, 0.5) is 0 Å². The summed E-state index contributed by atoms with van der Waals surface area (Å²) < 4.78 is 4.81. The summed E-state index contributed by atoms with van der Waals surface area (Å²) in [7, 11) is 0. The van der Waals surface area contributed by atoms with Crippen LogP contribution in [0.15, 0.2) is 24.3 Å². The fraction of sp³-hybridized carbons (Fsp3) is 0.571. The fourth-order valence-corrected chi connectivity index (χ4v) is 2.51. The van der Waals surface area contributed by atoms with Gasteiger partial charge in [-0.15, -0.1) is 0 Å². The minimum absolute atomic E-state index is 0.182. The predicted octanol–water partition coefficient (Wildman–Crippen LogP) is 4.24. The van der Waals surface area contributed by atoms with Crippen molar-refractivity contribution in [2.24, 2.45) is 5.41 Å². The fourth-order valence-electron chi connectivity index (χ4n) is 2.38. The first-order valence-electron chi connectivity index (χ1n) is 5.61. The molecule has 0 bridgehead atoms. The van der Waals surface area contributed by atoms with Gasteiger partial charge in [-0.1, -0.05) is 0 Å². The second-order valence-corrected chi connectivity index (χ2v) is 6.41. The summed E-state index contributed by atoms with van der Waals surface area (Å²) in [5, 5.41) is 0. The van der Waals surface area contributed by atoms with Gasteiger partial charge < -0.3 is 0 Å². The van der Waals surface area contributed by atoms with Crippen LogP contribution in [0.2, 0.25) is 0 Å². The third kappa shape index (κ3) is 3.83. The van der Waals surface area contributed by atoms with Gasteiger partial charge in [0.1, 0.15) is 0 Å². The van der Waals surface area contributed by atoms with Crippen LogP contribution < -0.4 is 3.88 Å². The Morgan fingerprint density at radius 1 is 1.00 bits per heavy atom. The molecule has 0 amide bonds. The van der Waals surface area contributed by atoms with Crippen molar-refractivity contribution in [3.05, 3.63) is 29.8 Å². The van der Waals surface area contributed by atoms with Crippen molar-refractivity contribution in [3.8, 4) is 5.75 Å². The first-order valence-corrected chi connectivity index (χ1v) is 6.01. The second kappa shape index (κ2) is 4.79. The molecule has 93 valence electrons. The van der Waals surface area contributed by atoms with Gasteiger partial charge in [0, 0.05) is 0 Å². The Hall–Kier alpha value is -0.486. The van der Waals surface area contributed by atoms with Crippen molar-refractivity contribution in [1.82, 2.24) is 0 Å². The van der Waals surface area contributed by atoms with E-state index in [-0.39, 0.29) is 5.41 Å². The van der Waals surface area contributed by atoms with Gasteiger partial charge in [0.05, 0.1) is 0 Å². The zero-order chi connectivity index (χ0) is 12.4. The van der Waals surface area contributed by atoms with E-state index < -0.39 is 0 Å². The van der Waals surface area contributed by atoms with Crippen molar-refractivity contribution in [2.45, 2.75) is 46.5 Å². The van der Waals surface area contributed by atoms with E-state index in [1.165, 1.54) is 5.56 Å². The first kappa shape index (κ1) is 13.6. The number of rotatable bonds is 3. The van der Waals surface area contributed by atoms with E-state index in [9.17, 15) is 0 Å². The molecule has 16 heavy (non-hydrogen) atoms. The van der Waals surface area contributed by atoms with E-state index in [0.717, 1.165) is 12.2 Å². The zero-order valence-electron chi connectivity index (χ0n) is 10.7. The van der Waals surface area contributed by atoms with Crippen LogP contribution in [-0.4, -0.2) is 0 Å². The summed E-state index contributed by atoms with van der Waals surface area (Å²) >= 11 is 4.26. The zero-order valence-corrected chi connectivity index (χ0v) is 11.7. The van der Waals surface area contributed by atoms with Gasteiger partial charge in [-0.25, -0.2) is 0 Å². The quantitative estimate of drug-likeness (QED) is 0.742. The van der Waals surface area contributed by atoms with E-state index in [4.69, 9.17) is 3.88 Å². The van der Waals surface area contributed by atoms with Crippen LogP contribution in [0.25, 0.3) is 0 Å². The SMILES string of the molecule is CC(C)(C)CC(C)(C)c1ccc([O][Ni])cc1. The molecule has 1 nitrogen and oxygen atoms in total. The van der Waals surface area contributed by atoms with Crippen LogP contribution in [0.5, 0.6) is 5.75 Å². The Morgan fingerprint density at radius 3 is 1.88 bits per heavy atom. The molecule has 0 atom stereocenters. The standard InChI is InChI=1S/C14H22O.Ni/c1-13(2,3)10-14(4,5)11-6-8-12(15)9-7-11;/h6-9,15H,10H2,1-5H3;/q;+1/p-1. The molecule has 0 spiro atoms. The summed E-state index contributed by atoms with van der Waals surface area (Å²) in [5.41, 5.74) is 1.85. The molecule has 0 aliphatic carbocycles. The van der Waals surface area contributed by atoms with Crippen LogP contribution in [0.3, 0.4) is 0 Å². The van der Waals surface area contributed by atoms with E-state index in [2.05, 4.69) is 62.5 Å². The molecule has 0 saturated carbocycles. The number of benzene rings is 1. The molecule has 0 fully saturated rings.